The van der Waals surface area contributed by atoms with E-state index in [4.69, 9.17) is 4.42 Å². The number of rotatable bonds is 6. The molecule has 0 aromatic carbocycles. The van der Waals surface area contributed by atoms with Crippen LogP contribution in [0.25, 0.3) is 0 Å². The zero-order valence-corrected chi connectivity index (χ0v) is 13.4. The molecule has 1 N–H and O–H groups in total. The number of anilines is 1. The van der Waals surface area contributed by atoms with Gasteiger partial charge < -0.3 is 14.6 Å². The monoisotopic (exact) mass is 287 g/mol. The first-order valence-electron chi connectivity index (χ1n) is 7.46. The van der Waals surface area contributed by atoms with Crippen LogP contribution >= 0.6 is 0 Å². The van der Waals surface area contributed by atoms with Crippen LogP contribution < -0.4 is 10.2 Å². The molecule has 0 amide bonds. The second-order valence-corrected chi connectivity index (χ2v) is 6.18. The van der Waals surface area contributed by atoms with Gasteiger partial charge in [0, 0.05) is 30.4 Å². The van der Waals surface area contributed by atoms with Gasteiger partial charge in [0.05, 0.1) is 12.8 Å². The van der Waals surface area contributed by atoms with Gasteiger partial charge >= 0.3 is 0 Å². The minimum atomic E-state index is 0.0885. The Bertz CT molecular complexity index is 543. The molecule has 0 radical (unpaired) electrons. The predicted octanol–water partition coefficient (Wildman–Crippen LogP) is 3.59. The molecule has 114 valence electrons. The first-order valence-corrected chi connectivity index (χ1v) is 7.46. The van der Waals surface area contributed by atoms with Crippen molar-refractivity contribution in [2.24, 2.45) is 0 Å². The molecule has 0 fully saturated rings. The fourth-order valence-electron chi connectivity index (χ4n) is 2.14. The van der Waals surface area contributed by atoms with Crippen LogP contribution in [0.15, 0.2) is 41.1 Å². The predicted molar refractivity (Wildman–Crippen MR) is 86.3 cm³/mol. The van der Waals surface area contributed by atoms with Crippen molar-refractivity contribution < 1.29 is 4.42 Å². The summed E-state index contributed by atoms with van der Waals surface area (Å²) in [5.74, 6) is 1.98. The van der Waals surface area contributed by atoms with E-state index >= 15 is 0 Å². The molecule has 0 atom stereocenters. The number of furan rings is 1. The van der Waals surface area contributed by atoms with Crippen LogP contribution in [0, 0.1) is 0 Å². The van der Waals surface area contributed by atoms with E-state index in [2.05, 4.69) is 49.0 Å². The molecule has 0 bridgehead atoms. The molecule has 0 saturated heterocycles. The quantitative estimate of drug-likeness (QED) is 0.881. The van der Waals surface area contributed by atoms with Gasteiger partial charge in [-0.15, -0.1) is 0 Å². The lowest BCUT2D eigenvalue weighted by Crippen LogP contribution is -2.36. The maximum absolute atomic E-state index is 5.46. The molecule has 2 rings (SSSR count). The van der Waals surface area contributed by atoms with Crippen LogP contribution in [0.1, 0.15) is 39.0 Å². The maximum Gasteiger partial charge on any atom is 0.133 e. The van der Waals surface area contributed by atoms with Gasteiger partial charge in [-0.1, -0.05) is 6.07 Å². The Balaban J connectivity index is 2.16. The lowest BCUT2D eigenvalue weighted by Gasteiger charge is -2.26. The fraction of sp³-hybridized carbons (Fsp3) is 0.471. The highest BCUT2D eigenvalue weighted by molar-refractivity contribution is 5.46. The zero-order chi connectivity index (χ0) is 15.3. The summed E-state index contributed by atoms with van der Waals surface area (Å²) in [7, 11) is 0. The Morgan fingerprint density at radius 2 is 2.05 bits per heavy atom. The van der Waals surface area contributed by atoms with Crippen LogP contribution in [-0.4, -0.2) is 17.1 Å². The molecule has 4 heteroatoms. The van der Waals surface area contributed by atoms with E-state index in [0.29, 0.717) is 0 Å². The number of pyridine rings is 1. The van der Waals surface area contributed by atoms with E-state index in [1.807, 2.05) is 24.4 Å². The van der Waals surface area contributed by atoms with Gasteiger partial charge in [0.15, 0.2) is 0 Å². The van der Waals surface area contributed by atoms with E-state index < -0.39 is 0 Å². The van der Waals surface area contributed by atoms with Crippen LogP contribution in [0.4, 0.5) is 5.82 Å². The Kier molecular flexibility index (Phi) is 5.02. The molecule has 0 aliphatic heterocycles. The van der Waals surface area contributed by atoms with Crippen molar-refractivity contribution in [3.05, 3.63) is 48.0 Å². The average Bonchev–Trinajstić information content (AvgIpc) is 2.95. The summed E-state index contributed by atoms with van der Waals surface area (Å²) in [6, 6.07) is 8.04. The van der Waals surface area contributed by atoms with Crippen molar-refractivity contribution in [3.8, 4) is 0 Å². The zero-order valence-electron chi connectivity index (χ0n) is 13.4. The Hall–Kier alpha value is -1.81. The van der Waals surface area contributed by atoms with E-state index in [-0.39, 0.29) is 5.54 Å². The number of nitrogens with one attached hydrogen (secondary N) is 1. The number of nitrogens with zero attached hydrogens (tertiary/aromatic N) is 2. The van der Waals surface area contributed by atoms with Crippen molar-refractivity contribution in [2.75, 3.05) is 11.4 Å². The summed E-state index contributed by atoms with van der Waals surface area (Å²) in [6.45, 7) is 11.1. The third kappa shape index (κ3) is 4.60. The summed E-state index contributed by atoms with van der Waals surface area (Å²) < 4.78 is 5.46. The summed E-state index contributed by atoms with van der Waals surface area (Å²) in [5, 5.41) is 3.53. The average molecular weight is 287 g/mol. The summed E-state index contributed by atoms with van der Waals surface area (Å²) >= 11 is 0. The molecule has 0 aliphatic carbocycles. The van der Waals surface area contributed by atoms with Crippen LogP contribution in [0.5, 0.6) is 0 Å². The van der Waals surface area contributed by atoms with Crippen molar-refractivity contribution >= 4 is 5.82 Å². The third-order valence-corrected chi connectivity index (χ3v) is 3.28. The second kappa shape index (κ2) is 6.76. The number of hydrogen-bond acceptors (Lipinski definition) is 4. The van der Waals surface area contributed by atoms with Gasteiger partial charge in [0.2, 0.25) is 0 Å². The molecular weight excluding hydrogens is 262 g/mol. The van der Waals surface area contributed by atoms with Crippen LogP contribution in [0.2, 0.25) is 0 Å². The minimum Gasteiger partial charge on any atom is -0.467 e. The standard InChI is InChI=1S/C17H25N3O/c1-5-20(13-15-9-7-11-21-15)16-14(8-6-10-18-16)12-19-17(2,3)4/h6-11,19H,5,12-13H2,1-4H3. The smallest absolute Gasteiger partial charge is 0.133 e. The maximum atomic E-state index is 5.46. The van der Waals surface area contributed by atoms with Crippen LogP contribution in [0.3, 0.4) is 0 Å². The molecule has 2 aromatic rings. The summed E-state index contributed by atoms with van der Waals surface area (Å²) in [4.78, 5) is 6.81. The van der Waals surface area contributed by atoms with Crippen molar-refractivity contribution in [1.29, 1.82) is 0 Å². The van der Waals surface area contributed by atoms with E-state index in [0.717, 1.165) is 31.2 Å². The van der Waals surface area contributed by atoms with Gasteiger partial charge in [0.25, 0.3) is 0 Å². The largest absolute Gasteiger partial charge is 0.467 e. The van der Waals surface area contributed by atoms with E-state index in [1.54, 1.807) is 6.26 Å². The Labute approximate surface area is 127 Å². The topological polar surface area (TPSA) is 41.3 Å². The van der Waals surface area contributed by atoms with E-state index in [9.17, 15) is 0 Å². The molecule has 4 nitrogen and oxygen atoms in total. The van der Waals surface area contributed by atoms with Crippen LogP contribution in [-0.2, 0) is 13.1 Å². The SMILES string of the molecule is CCN(Cc1ccco1)c1ncccc1CNC(C)(C)C. The molecule has 21 heavy (non-hydrogen) atoms. The highest BCUT2D eigenvalue weighted by Gasteiger charge is 2.15. The highest BCUT2D eigenvalue weighted by Crippen LogP contribution is 2.20. The normalized spacial score (nSPS) is 11.6. The number of hydrogen-bond donors (Lipinski definition) is 1. The molecular formula is C17H25N3O. The third-order valence-electron chi connectivity index (χ3n) is 3.28. The molecule has 0 unspecified atom stereocenters. The van der Waals surface area contributed by atoms with Gasteiger partial charge in [-0.2, -0.15) is 0 Å². The summed E-state index contributed by atoms with van der Waals surface area (Å²) in [5.41, 5.74) is 1.30. The van der Waals surface area contributed by atoms with Gasteiger partial charge in [-0.3, -0.25) is 0 Å². The Morgan fingerprint density at radius 3 is 2.67 bits per heavy atom. The summed E-state index contributed by atoms with van der Waals surface area (Å²) in [6.07, 6.45) is 3.56. The molecule has 0 saturated carbocycles. The van der Waals surface area contributed by atoms with Crippen molar-refractivity contribution in [1.82, 2.24) is 10.3 Å². The van der Waals surface area contributed by atoms with Gasteiger partial charge in [-0.05, 0) is 45.9 Å². The highest BCUT2D eigenvalue weighted by atomic mass is 16.3. The lowest BCUT2D eigenvalue weighted by atomic mass is 10.1. The first kappa shape index (κ1) is 15.6. The second-order valence-electron chi connectivity index (χ2n) is 6.18. The first-order chi connectivity index (χ1) is 9.99. The lowest BCUT2D eigenvalue weighted by molar-refractivity contribution is 0.423. The number of aromatic nitrogens is 1. The molecule has 0 aliphatic rings. The van der Waals surface area contributed by atoms with Gasteiger partial charge in [0.1, 0.15) is 11.6 Å². The van der Waals surface area contributed by atoms with Gasteiger partial charge in [-0.25, -0.2) is 4.98 Å². The van der Waals surface area contributed by atoms with Crippen molar-refractivity contribution in [3.63, 3.8) is 0 Å². The fourth-order valence-corrected chi connectivity index (χ4v) is 2.14. The minimum absolute atomic E-state index is 0.0885. The Morgan fingerprint density at radius 1 is 1.24 bits per heavy atom. The van der Waals surface area contributed by atoms with E-state index in [1.165, 1.54) is 5.56 Å². The molecule has 0 spiro atoms. The molecule has 2 heterocycles. The van der Waals surface area contributed by atoms with Crippen molar-refractivity contribution in [2.45, 2.75) is 46.3 Å². The molecule has 2 aromatic heterocycles.